The molecular weight excluding hydrogens is 542 g/mol. The van der Waals surface area contributed by atoms with Gasteiger partial charge in [0.05, 0.1) is 22.8 Å². The molecule has 7 rings (SSSR count). The zero-order chi connectivity index (χ0) is 29.9. The van der Waals surface area contributed by atoms with Gasteiger partial charge in [-0.1, -0.05) is 97.1 Å². The quantitative estimate of drug-likeness (QED) is 0.195. The highest BCUT2D eigenvalue weighted by molar-refractivity contribution is 6.15. The maximum Gasteiger partial charge on any atom is 0.187 e. The lowest BCUT2D eigenvalue weighted by molar-refractivity contribution is -0.113. The zero-order valence-electron chi connectivity index (χ0n) is 24.4. The van der Waals surface area contributed by atoms with Gasteiger partial charge in [-0.2, -0.15) is 10.2 Å². The summed E-state index contributed by atoms with van der Waals surface area (Å²) in [7, 11) is 2.05. The van der Waals surface area contributed by atoms with Gasteiger partial charge in [0.2, 0.25) is 0 Å². The van der Waals surface area contributed by atoms with Crippen molar-refractivity contribution in [3.05, 3.63) is 156 Å². The molecule has 6 nitrogen and oxygen atoms in total. The number of hydrogen-bond donors (Lipinski definition) is 0. The summed E-state index contributed by atoms with van der Waals surface area (Å²) in [6, 6.07) is 40.3. The number of benzene rings is 4. The first-order valence-corrected chi connectivity index (χ1v) is 14.7. The monoisotopic (exact) mass is 573 g/mol. The van der Waals surface area contributed by atoms with Gasteiger partial charge in [-0.25, -0.2) is 9.36 Å². The van der Waals surface area contributed by atoms with Crippen LogP contribution in [0.4, 0.5) is 0 Å². The second kappa shape index (κ2) is 12.0. The van der Waals surface area contributed by atoms with Gasteiger partial charge in [-0.3, -0.25) is 9.69 Å². The van der Waals surface area contributed by atoms with Crippen LogP contribution in [0.5, 0.6) is 0 Å². The number of likely N-dealkylation sites (tertiary alicyclic amines) is 1. The molecule has 1 aliphatic rings. The largest absolute Gasteiger partial charge is 0.298 e. The van der Waals surface area contributed by atoms with Crippen molar-refractivity contribution >= 4 is 17.9 Å². The van der Waals surface area contributed by atoms with E-state index in [-0.39, 0.29) is 5.78 Å². The summed E-state index contributed by atoms with van der Waals surface area (Å²) in [6.45, 7) is 1.10. The van der Waals surface area contributed by atoms with Crippen molar-refractivity contribution in [2.75, 3.05) is 20.1 Å². The molecule has 3 heterocycles. The third kappa shape index (κ3) is 5.59. The Morgan fingerprint density at radius 2 is 0.909 bits per heavy atom. The van der Waals surface area contributed by atoms with Crippen molar-refractivity contribution in [2.24, 2.45) is 0 Å². The second-order valence-corrected chi connectivity index (χ2v) is 11.0. The Balaban J connectivity index is 1.30. The summed E-state index contributed by atoms with van der Waals surface area (Å²) in [5.41, 5.74) is 8.87. The highest BCUT2D eigenvalue weighted by Crippen LogP contribution is 2.30. The molecule has 214 valence electrons. The molecule has 0 atom stereocenters. The standard InChI is InChI=1S/C38H31N5O/c1-41-24-32(22-30-26-42(34-18-10-4-11-19-34)39-36(30)28-14-6-2-7-15-28)38(44)33(25-41)23-31-27-43(35-20-12-5-13-21-35)40-37(31)29-16-8-3-9-17-29/h2-23,26-27H,24-25H2,1H3/b32-22+,33-23+. The average Bonchev–Trinajstić information content (AvgIpc) is 3.70. The van der Waals surface area contributed by atoms with Gasteiger partial charge in [0, 0.05) is 58.9 Å². The number of para-hydroxylation sites is 2. The molecule has 0 aliphatic carbocycles. The Labute approximate surface area is 256 Å². The minimum atomic E-state index is 0.0426. The number of hydrogen-bond acceptors (Lipinski definition) is 4. The number of piperidine rings is 1. The summed E-state index contributed by atoms with van der Waals surface area (Å²) < 4.78 is 3.76. The molecule has 1 saturated heterocycles. The van der Waals surface area contributed by atoms with E-state index in [1.807, 2.05) is 138 Å². The molecule has 0 spiro atoms. The number of Topliss-reactive ketones (excluding diaryl/α,β-unsaturated/α-hetero) is 1. The van der Waals surface area contributed by atoms with Crippen molar-refractivity contribution in [3.63, 3.8) is 0 Å². The van der Waals surface area contributed by atoms with Gasteiger partial charge in [-0.15, -0.1) is 0 Å². The third-order valence-corrected chi connectivity index (χ3v) is 7.74. The van der Waals surface area contributed by atoms with Crippen LogP contribution in [-0.2, 0) is 4.79 Å². The summed E-state index contributed by atoms with van der Waals surface area (Å²) in [5, 5.41) is 9.89. The fraction of sp³-hybridized carbons (Fsp3) is 0.0789. The van der Waals surface area contributed by atoms with E-state index in [0.717, 1.165) is 56.2 Å². The lowest BCUT2D eigenvalue weighted by Crippen LogP contribution is -2.34. The molecule has 0 radical (unpaired) electrons. The summed E-state index contributed by atoms with van der Waals surface area (Å²) in [5.74, 6) is 0.0426. The number of nitrogens with zero attached hydrogens (tertiary/aromatic N) is 5. The number of ketones is 1. The molecule has 0 N–H and O–H groups in total. The Morgan fingerprint density at radius 1 is 0.545 bits per heavy atom. The predicted molar refractivity (Wildman–Crippen MR) is 176 cm³/mol. The van der Waals surface area contributed by atoms with E-state index in [1.54, 1.807) is 0 Å². The van der Waals surface area contributed by atoms with Gasteiger partial charge in [0.1, 0.15) is 0 Å². The molecule has 1 fully saturated rings. The first-order valence-electron chi connectivity index (χ1n) is 14.7. The minimum Gasteiger partial charge on any atom is -0.298 e. The maximum absolute atomic E-state index is 14.1. The van der Waals surface area contributed by atoms with Gasteiger partial charge in [0.15, 0.2) is 5.78 Å². The van der Waals surface area contributed by atoms with Gasteiger partial charge in [0.25, 0.3) is 0 Å². The van der Waals surface area contributed by atoms with E-state index in [0.29, 0.717) is 13.1 Å². The predicted octanol–water partition coefficient (Wildman–Crippen LogP) is 7.37. The molecular formula is C38H31N5O. The van der Waals surface area contributed by atoms with Crippen LogP contribution in [0, 0.1) is 0 Å². The summed E-state index contributed by atoms with van der Waals surface area (Å²) >= 11 is 0. The van der Waals surface area contributed by atoms with E-state index < -0.39 is 0 Å². The van der Waals surface area contributed by atoms with Crippen LogP contribution in [0.2, 0.25) is 0 Å². The van der Waals surface area contributed by atoms with E-state index >= 15 is 0 Å². The van der Waals surface area contributed by atoms with Crippen LogP contribution < -0.4 is 0 Å². The van der Waals surface area contributed by atoms with Gasteiger partial charge < -0.3 is 0 Å². The van der Waals surface area contributed by atoms with Crippen molar-refractivity contribution in [3.8, 4) is 33.9 Å². The van der Waals surface area contributed by atoms with E-state index in [1.165, 1.54) is 0 Å². The Hall–Kier alpha value is -5.59. The van der Waals surface area contributed by atoms with Crippen LogP contribution in [-0.4, -0.2) is 50.4 Å². The highest BCUT2D eigenvalue weighted by Gasteiger charge is 2.26. The average molecular weight is 574 g/mol. The van der Waals surface area contributed by atoms with Crippen LogP contribution in [0.25, 0.3) is 46.0 Å². The van der Waals surface area contributed by atoms with Crippen LogP contribution in [0.15, 0.2) is 145 Å². The Kier molecular flexibility index (Phi) is 7.41. The smallest absolute Gasteiger partial charge is 0.187 e. The van der Waals surface area contributed by atoms with Crippen molar-refractivity contribution in [1.29, 1.82) is 0 Å². The van der Waals surface area contributed by atoms with Crippen molar-refractivity contribution < 1.29 is 4.79 Å². The number of rotatable bonds is 6. The molecule has 1 aliphatic heterocycles. The van der Waals surface area contributed by atoms with Crippen LogP contribution in [0.3, 0.4) is 0 Å². The topological polar surface area (TPSA) is 56.0 Å². The number of likely N-dealkylation sites (N-methyl/N-ethyl adjacent to an activating group) is 1. The van der Waals surface area contributed by atoms with E-state index in [2.05, 4.69) is 29.2 Å². The Bertz CT molecular complexity index is 1830. The van der Waals surface area contributed by atoms with Gasteiger partial charge in [-0.05, 0) is 43.5 Å². The molecule has 0 bridgehead atoms. The summed E-state index contributed by atoms with van der Waals surface area (Å²) in [4.78, 5) is 16.3. The van der Waals surface area contributed by atoms with Gasteiger partial charge >= 0.3 is 0 Å². The molecule has 4 aromatic carbocycles. The number of carbonyl (C=O) groups excluding carboxylic acids is 1. The van der Waals surface area contributed by atoms with E-state index in [4.69, 9.17) is 10.2 Å². The molecule has 0 amide bonds. The fourth-order valence-corrected chi connectivity index (χ4v) is 5.64. The highest BCUT2D eigenvalue weighted by atomic mass is 16.1. The molecule has 2 aromatic heterocycles. The molecule has 6 aromatic rings. The third-order valence-electron chi connectivity index (χ3n) is 7.74. The number of aromatic nitrogens is 4. The lowest BCUT2D eigenvalue weighted by Gasteiger charge is -2.26. The Morgan fingerprint density at radius 3 is 1.30 bits per heavy atom. The zero-order valence-corrected chi connectivity index (χ0v) is 24.4. The fourth-order valence-electron chi connectivity index (χ4n) is 5.64. The minimum absolute atomic E-state index is 0.0426. The first kappa shape index (κ1) is 27.3. The maximum atomic E-state index is 14.1. The summed E-state index contributed by atoms with van der Waals surface area (Å²) in [6.07, 6.45) is 8.03. The first-order chi connectivity index (χ1) is 21.6. The van der Waals surface area contributed by atoms with Crippen LogP contribution in [0.1, 0.15) is 11.1 Å². The molecule has 44 heavy (non-hydrogen) atoms. The second-order valence-electron chi connectivity index (χ2n) is 11.0. The molecule has 6 heteroatoms. The van der Waals surface area contributed by atoms with Crippen LogP contribution >= 0.6 is 0 Å². The normalized spacial score (nSPS) is 15.7. The van der Waals surface area contributed by atoms with Crippen molar-refractivity contribution in [2.45, 2.75) is 0 Å². The van der Waals surface area contributed by atoms with E-state index in [9.17, 15) is 4.79 Å². The lowest BCUT2D eigenvalue weighted by atomic mass is 9.94. The SMILES string of the molecule is CN1C/C(=C\c2cn(-c3ccccc3)nc2-c2ccccc2)C(=O)/C(=C/c2cn(-c3ccccc3)nc2-c2ccccc2)C1. The van der Waals surface area contributed by atoms with Crippen molar-refractivity contribution in [1.82, 2.24) is 24.5 Å². The molecule has 0 saturated carbocycles. The molecule has 0 unspecified atom stereocenters. The number of carbonyl (C=O) groups is 1.